The molecule has 0 amide bonds. The Labute approximate surface area is 75.7 Å². The Morgan fingerprint density at radius 3 is 2.55 bits per heavy atom. The number of esters is 1. The largest absolute Gasteiger partial charge is 0.463 e. The summed E-state index contributed by atoms with van der Waals surface area (Å²) in [6.07, 6.45) is 1.47. The van der Waals surface area contributed by atoms with Crippen molar-refractivity contribution in [3.05, 3.63) is 10.6 Å². The van der Waals surface area contributed by atoms with Crippen LogP contribution in [-0.4, -0.2) is 12.6 Å². The first kappa shape index (κ1) is 10.7. The van der Waals surface area contributed by atoms with Crippen molar-refractivity contribution in [1.29, 1.82) is 0 Å². The van der Waals surface area contributed by atoms with E-state index in [-0.39, 0.29) is 5.97 Å². The minimum Gasteiger partial charge on any atom is -0.463 e. The summed E-state index contributed by atoms with van der Waals surface area (Å²) in [5.74, 6) is 0.0486. The van der Waals surface area contributed by atoms with Crippen molar-refractivity contribution < 1.29 is 9.53 Å². The maximum atomic E-state index is 10.8. The highest BCUT2D eigenvalue weighted by Crippen LogP contribution is 2.16. The summed E-state index contributed by atoms with van der Waals surface area (Å²) in [6, 6.07) is 0. The zero-order chi connectivity index (χ0) is 8.85. The van der Waals surface area contributed by atoms with Crippen LogP contribution in [0, 0.1) is 5.92 Å². The number of halogens is 1. The van der Waals surface area contributed by atoms with Gasteiger partial charge in [-0.25, -0.2) is 4.79 Å². The van der Waals surface area contributed by atoms with Gasteiger partial charge in [-0.3, -0.25) is 0 Å². The first-order chi connectivity index (χ1) is 5.07. The Kier molecular flexibility index (Phi) is 5.20. The number of hydrogen-bond donors (Lipinski definition) is 0. The molecule has 0 aliphatic heterocycles. The second-order valence-corrected chi connectivity index (χ2v) is 3.35. The minimum absolute atomic E-state index is 0.284. The molecule has 0 saturated carbocycles. The Balaban J connectivity index is 3.97. The van der Waals surface area contributed by atoms with Crippen LogP contribution in [0.4, 0.5) is 0 Å². The highest BCUT2D eigenvalue weighted by atomic mass is 79.9. The predicted molar refractivity (Wildman–Crippen MR) is 48.5 cm³/mol. The van der Waals surface area contributed by atoms with Crippen molar-refractivity contribution in [3.8, 4) is 0 Å². The molecule has 0 saturated heterocycles. The summed E-state index contributed by atoms with van der Waals surface area (Å²) in [5, 5.41) is 0. The molecule has 0 aromatic heterocycles. The molecular weight excluding hydrogens is 208 g/mol. The van der Waals surface area contributed by atoms with Gasteiger partial charge >= 0.3 is 5.97 Å². The maximum Gasteiger partial charge on any atom is 0.331 e. The van der Waals surface area contributed by atoms with Crippen molar-refractivity contribution in [3.63, 3.8) is 0 Å². The molecule has 0 unspecified atom stereocenters. The van der Waals surface area contributed by atoms with Gasteiger partial charge in [0.15, 0.2) is 0 Å². The van der Waals surface area contributed by atoms with Crippen LogP contribution in [-0.2, 0) is 9.53 Å². The van der Waals surface area contributed by atoms with Crippen molar-refractivity contribution in [2.75, 3.05) is 6.61 Å². The second-order valence-electron chi connectivity index (χ2n) is 2.44. The third kappa shape index (κ3) is 5.01. The number of carbonyl (C=O) groups is 1. The fraction of sp³-hybridized carbons (Fsp3) is 0.625. The Morgan fingerprint density at radius 1 is 1.64 bits per heavy atom. The zero-order valence-corrected chi connectivity index (χ0v) is 8.64. The molecular formula is C8H13BrO2. The second kappa shape index (κ2) is 5.35. The van der Waals surface area contributed by atoms with Crippen LogP contribution in [0.5, 0.6) is 0 Å². The highest BCUT2D eigenvalue weighted by Gasteiger charge is 2.02. The Morgan fingerprint density at radius 2 is 2.18 bits per heavy atom. The molecule has 0 spiro atoms. The van der Waals surface area contributed by atoms with Gasteiger partial charge in [-0.15, -0.1) is 0 Å². The van der Waals surface area contributed by atoms with E-state index in [2.05, 4.69) is 15.9 Å². The number of allylic oxidation sites excluding steroid dienone is 1. The van der Waals surface area contributed by atoms with E-state index in [1.54, 1.807) is 6.92 Å². The van der Waals surface area contributed by atoms with E-state index >= 15 is 0 Å². The van der Waals surface area contributed by atoms with Gasteiger partial charge in [-0.05, 0) is 12.8 Å². The molecule has 2 nitrogen and oxygen atoms in total. The SMILES string of the molecule is CCOC(=O)/C=C(\Br)C(C)C. The molecule has 0 rings (SSSR count). The molecule has 0 atom stereocenters. The van der Waals surface area contributed by atoms with Crippen LogP contribution in [0.1, 0.15) is 20.8 Å². The van der Waals surface area contributed by atoms with Crippen LogP contribution in [0.15, 0.2) is 10.6 Å². The minimum atomic E-state index is -0.284. The van der Waals surface area contributed by atoms with Gasteiger partial charge in [0.2, 0.25) is 0 Å². The average molecular weight is 221 g/mol. The summed E-state index contributed by atoms with van der Waals surface area (Å²) in [4.78, 5) is 10.8. The monoisotopic (exact) mass is 220 g/mol. The molecule has 0 aliphatic carbocycles. The molecule has 0 N–H and O–H groups in total. The lowest BCUT2D eigenvalue weighted by Crippen LogP contribution is -2.01. The smallest absolute Gasteiger partial charge is 0.331 e. The van der Waals surface area contributed by atoms with Gasteiger partial charge < -0.3 is 4.74 Å². The average Bonchev–Trinajstić information content (AvgIpc) is 1.87. The first-order valence-electron chi connectivity index (χ1n) is 3.61. The quantitative estimate of drug-likeness (QED) is 0.540. The number of hydrogen-bond acceptors (Lipinski definition) is 2. The number of ether oxygens (including phenoxy) is 1. The highest BCUT2D eigenvalue weighted by molar-refractivity contribution is 9.11. The summed E-state index contributed by atoms with van der Waals surface area (Å²) in [7, 11) is 0. The fourth-order valence-corrected chi connectivity index (χ4v) is 0.650. The molecule has 0 radical (unpaired) electrons. The maximum absolute atomic E-state index is 10.8. The van der Waals surface area contributed by atoms with E-state index < -0.39 is 0 Å². The molecule has 0 aliphatic rings. The van der Waals surface area contributed by atoms with Gasteiger partial charge in [0.25, 0.3) is 0 Å². The van der Waals surface area contributed by atoms with E-state index in [0.717, 1.165) is 4.48 Å². The van der Waals surface area contributed by atoms with E-state index in [9.17, 15) is 4.79 Å². The van der Waals surface area contributed by atoms with Crippen LogP contribution < -0.4 is 0 Å². The predicted octanol–water partition coefficient (Wildman–Crippen LogP) is 2.48. The number of rotatable bonds is 3. The van der Waals surface area contributed by atoms with Crippen molar-refractivity contribution >= 4 is 21.9 Å². The lowest BCUT2D eigenvalue weighted by molar-refractivity contribution is -0.137. The van der Waals surface area contributed by atoms with Gasteiger partial charge in [0, 0.05) is 10.6 Å². The third-order valence-electron chi connectivity index (χ3n) is 1.09. The van der Waals surface area contributed by atoms with Crippen LogP contribution in [0.25, 0.3) is 0 Å². The van der Waals surface area contributed by atoms with Crippen LogP contribution >= 0.6 is 15.9 Å². The summed E-state index contributed by atoms with van der Waals surface area (Å²) < 4.78 is 5.59. The molecule has 0 heterocycles. The number of carbonyl (C=O) groups excluding carboxylic acids is 1. The van der Waals surface area contributed by atoms with Crippen molar-refractivity contribution in [1.82, 2.24) is 0 Å². The Bertz CT molecular complexity index is 161. The molecule has 11 heavy (non-hydrogen) atoms. The van der Waals surface area contributed by atoms with Crippen LogP contribution in [0.2, 0.25) is 0 Å². The molecule has 3 heteroatoms. The molecule has 0 aromatic rings. The van der Waals surface area contributed by atoms with E-state index in [1.165, 1.54) is 6.08 Å². The summed E-state index contributed by atoms with van der Waals surface area (Å²) in [6.45, 7) is 6.21. The fourth-order valence-electron chi connectivity index (χ4n) is 0.463. The first-order valence-corrected chi connectivity index (χ1v) is 4.41. The van der Waals surface area contributed by atoms with E-state index in [4.69, 9.17) is 4.74 Å². The lowest BCUT2D eigenvalue weighted by Gasteiger charge is -2.01. The molecule has 64 valence electrons. The topological polar surface area (TPSA) is 26.3 Å². The molecule has 0 aromatic carbocycles. The third-order valence-corrected chi connectivity index (χ3v) is 2.24. The van der Waals surface area contributed by atoms with Crippen LogP contribution in [0.3, 0.4) is 0 Å². The van der Waals surface area contributed by atoms with Gasteiger partial charge in [-0.2, -0.15) is 0 Å². The Hall–Kier alpha value is -0.310. The van der Waals surface area contributed by atoms with E-state index in [1.807, 2.05) is 13.8 Å². The van der Waals surface area contributed by atoms with Gasteiger partial charge in [0.05, 0.1) is 6.61 Å². The van der Waals surface area contributed by atoms with E-state index in [0.29, 0.717) is 12.5 Å². The van der Waals surface area contributed by atoms with Crippen molar-refractivity contribution in [2.45, 2.75) is 20.8 Å². The van der Waals surface area contributed by atoms with Crippen molar-refractivity contribution in [2.24, 2.45) is 5.92 Å². The normalized spacial score (nSPS) is 11.9. The summed E-state index contributed by atoms with van der Waals surface area (Å²) >= 11 is 3.27. The zero-order valence-electron chi connectivity index (χ0n) is 7.06. The molecule has 0 fully saturated rings. The van der Waals surface area contributed by atoms with Gasteiger partial charge in [0.1, 0.15) is 0 Å². The molecule has 0 bridgehead atoms. The lowest BCUT2D eigenvalue weighted by atomic mass is 10.2. The summed E-state index contributed by atoms with van der Waals surface area (Å²) in [5.41, 5.74) is 0. The van der Waals surface area contributed by atoms with Gasteiger partial charge in [-0.1, -0.05) is 29.8 Å². The standard InChI is InChI=1S/C8H13BrO2/c1-4-11-8(10)5-7(9)6(2)3/h5-6H,4H2,1-3H3/b7-5-.